The van der Waals surface area contributed by atoms with Crippen LogP contribution in [0.3, 0.4) is 0 Å². The monoisotopic (exact) mass is 426 g/mol. The molecule has 0 spiro atoms. The van der Waals surface area contributed by atoms with Crippen molar-refractivity contribution in [1.29, 1.82) is 0 Å². The smallest absolute Gasteiger partial charge is 0.328 e. The van der Waals surface area contributed by atoms with Gasteiger partial charge in [-0.05, 0) is 49.1 Å². The van der Waals surface area contributed by atoms with Gasteiger partial charge in [0.1, 0.15) is 11.8 Å². The zero-order valence-electron chi connectivity index (χ0n) is 18.7. The van der Waals surface area contributed by atoms with E-state index in [4.69, 9.17) is 9.47 Å². The minimum Gasteiger partial charge on any atom is -0.492 e. The SMILES string of the molecule is CCOc1ccccc1NC(=O)COC(=O)[C@H](C)NC(=O)c1ccc(C(C)(C)C)cc1. The number of hydrogen-bond donors (Lipinski definition) is 2. The van der Waals surface area contributed by atoms with Crippen LogP contribution in [-0.4, -0.2) is 37.0 Å². The lowest BCUT2D eigenvalue weighted by Gasteiger charge is -2.19. The molecule has 0 saturated carbocycles. The van der Waals surface area contributed by atoms with E-state index in [1.54, 1.807) is 36.4 Å². The highest BCUT2D eigenvalue weighted by Gasteiger charge is 2.20. The molecule has 0 aliphatic heterocycles. The number of nitrogens with one attached hydrogen (secondary N) is 2. The summed E-state index contributed by atoms with van der Waals surface area (Å²) in [5.74, 6) is -1.06. The van der Waals surface area contributed by atoms with Crippen LogP contribution >= 0.6 is 0 Å². The molecule has 31 heavy (non-hydrogen) atoms. The van der Waals surface area contributed by atoms with Gasteiger partial charge in [0.15, 0.2) is 6.61 Å². The molecule has 2 amide bonds. The number of carbonyl (C=O) groups excluding carboxylic acids is 3. The summed E-state index contributed by atoms with van der Waals surface area (Å²) >= 11 is 0. The third kappa shape index (κ3) is 7.13. The van der Waals surface area contributed by atoms with Gasteiger partial charge in [0, 0.05) is 5.56 Å². The molecule has 2 N–H and O–H groups in total. The number of amides is 2. The summed E-state index contributed by atoms with van der Waals surface area (Å²) in [6, 6.07) is 13.3. The molecule has 0 heterocycles. The maximum absolute atomic E-state index is 12.4. The van der Waals surface area contributed by atoms with Gasteiger partial charge in [-0.1, -0.05) is 45.0 Å². The van der Waals surface area contributed by atoms with Crippen LogP contribution in [0, 0.1) is 0 Å². The third-order valence-corrected chi connectivity index (χ3v) is 4.52. The lowest BCUT2D eigenvalue weighted by Crippen LogP contribution is -2.40. The summed E-state index contributed by atoms with van der Waals surface area (Å²) in [7, 11) is 0. The van der Waals surface area contributed by atoms with Gasteiger partial charge in [0.2, 0.25) is 0 Å². The number of benzene rings is 2. The Kier molecular flexibility index (Phi) is 8.19. The molecule has 0 fully saturated rings. The summed E-state index contributed by atoms with van der Waals surface area (Å²) in [5.41, 5.74) is 2.02. The van der Waals surface area contributed by atoms with Gasteiger partial charge < -0.3 is 20.1 Å². The number of esters is 1. The Morgan fingerprint density at radius 3 is 2.26 bits per heavy atom. The van der Waals surface area contributed by atoms with E-state index in [0.717, 1.165) is 5.56 Å². The van der Waals surface area contributed by atoms with Crippen LogP contribution < -0.4 is 15.4 Å². The van der Waals surface area contributed by atoms with Crippen LogP contribution in [-0.2, 0) is 19.7 Å². The normalized spacial score (nSPS) is 11.9. The van der Waals surface area contributed by atoms with Gasteiger partial charge in [-0.3, -0.25) is 9.59 Å². The highest BCUT2D eigenvalue weighted by molar-refractivity contribution is 5.97. The van der Waals surface area contributed by atoms with Crippen molar-refractivity contribution in [3.63, 3.8) is 0 Å². The van der Waals surface area contributed by atoms with Crippen molar-refractivity contribution in [2.45, 2.75) is 46.1 Å². The molecule has 0 saturated heterocycles. The second-order valence-electron chi connectivity index (χ2n) is 8.11. The van der Waals surface area contributed by atoms with Crippen LogP contribution in [0.25, 0.3) is 0 Å². The molecule has 0 unspecified atom stereocenters. The molecule has 0 aromatic heterocycles. The number of ether oxygens (including phenoxy) is 2. The molecule has 0 aliphatic rings. The highest BCUT2D eigenvalue weighted by atomic mass is 16.5. The second kappa shape index (κ2) is 10.6. The Hall–Kier alpha value is -3.35. The van der Waals surface area contributed by atoms with E-state index < -0.39 is 24.5 Å². The van der Waals surface area contributed by atoms with Crippen LogP contribution in [0.5, 0.6) is 5.75 Å². The number of carbonyl (C=O) groups is 3. The fourth-order valence-corrected chi connectivity index (χ4v) is 2.76. The molecule has 0 aliphatic carbocycles. The molecular formula is C24H30N2O5. The van der Waals surface area contributed by atoms with Crippen molar-refractivity contribution in [3.05, 3.63) is 59.7 Å². The van der Waals surface area contributed by atoms with Crippen molar-refractivity contribution >= 4 is 23.5 Å². The lowest BCUT2D eigenvalue weighted by atomic mass is 9.86. The first-order valence-electron chi connectivity index (χ1n) is 10.2. The Morgan fingerprint density at radius 2 is 1.65 bits per heavy atom. The zero-order valence-corrected chi connectivity index (χ0v) is 18.7. The van der Waals surface area contributed by atoms with E-state index >= 15 is 0 Å². The molecule has 2 aromatic carbocycles. The molecule has 0 bridgehead atoms. The lowest BCUT2D eigenvalue weighted by molar-refractivity contribution is -0.148. The van der Waals surface area contributed by atoms with Crippen molar-refractivity contribution in [2.24, 2.45) is 0 Å². The van der Waals surface area contributed by atoms with E-state index in [9.17, 15) is 14.4 Å². The maximum atomic E-state index is 12.4. The van der Waals surface area contributed by atoms with E-state index in [-0.39, 0.29) is 11.3 Å². The molecule has 2 aromatic rings. The summed E-state index contributed by atoms with van der Waals surface area (Å²) in [6.07, 6.45) is 0. The van der Waals surface area contributed by atoms with Gasteiger partial charge in [-0.25, -0.2) is 4.79 Å². The first-order valence-corrected chi connectivity index (χ1v) is 10.2. The predicted molar refractivity (Wildman–Crippen MR) is 119 cm³/mol. The predicted octanol–water partition coefficient (Wildman–Crippen LogP) is 3.68. The van der Waals surface area contributed by atoms with Gasteiger partial charge in [-0.15, -0.1) is 0 Å². The van der Waals surface area contributed by atoms with Crippen molar-refractivity contribution < 1.29 is 23.9 Å². The number of para-hydroxylation sites is 2. The van der Waals surface area contributed by atoms with Crippen LogP contribution in [0.2, 0.25) is 0 Å². The number of anilines is 1. The van der Waals surface area contributed by atoms with E-state index in [1.165, 1.54) is 6.92 Å². The Morgan fingerprint density at radius 1 is 1.00 bits per heavy atom. The first-order chi connectivity index (χ1) is 14.6. The van der Waals surface area contributed by atoms with E-state index in [0.29, 0.717) is 23.6 Å². The Balaban J connectivity index is 1.85. The van der Waals surface area contributed by atoms with Crippen molar-refractivity contribution in [1.82, 2.24) is 5.32 Å². The molecule has 166 valence electrons. The van der Waals surface area contributed by atoms with Gasteiger partial charge in [0.25, 0.3) is 11.8 Å². The molecule has 1 atom stereocenters. The largest absolute Gasteiger partial charge is 0.492 e. The summed E-state index contributed by atoms with van der Waals surface area (Å²) in [4.78, 5) is 36.7. The highest BCUT2D eigenvalue weighted by Crippen LogP contribution is 2.23. The van der Waals surface area contributed by atoms with E-state index in [2.05, 4.69) is 31.4 Å². The third-order valence-electron chi connectivity index (χ3n) is 4.52. The Bertz CT molecular complexity index is 916. The second-order valence-corrected chi connectivity index (χ2v) is 8.11. The topological polar surface area (TPSA) is 93.7 Å². The van der Waals surface area contributed by atoms with Crippen molar-refractivity contribution in [3.8, 4) is 5.75 Å². The fraction of sp³-hybridized carbons (Fsp3) is 0.375. The summed E-state index contributed by atoms with van der Waals surface area (Å²) < 4.78 is 10.5. The summed E-state index contributed by atoms with van der Waals surface area (Å²) in [5, 5.41) is 5.23. The fourth-order valence-electron chi connectivity index (χ4n) is 2.76. The standard InChI is InChI=1S/C24H30N2O5/c1-6-30-20-10-8-7-9-19(20)26-21(27)15-31-23(29)16(2)25-22(28)17-11-13-18(14-12-17)24(3,4)5/h7-14,16H,6,15H2,1-5H3,(H,25,28)(H,26,27)/t16-/m0/s1. The van der Waals surface area contributed by atoms with Gasteiger partial charge >= 0.3 is 5.97 Å². The minimum atomic E-state index is -0.904. The number of rotatable bonds is 8. The molecule has 0 radical (unpaired) electrons. The van der Waals surface area contributed by atoms with Gasteiger partial charge in [0.05, 0.1) is 12.3 Å². The molecule has 2 rings (SSSR count). The molecular weight excluding hydrogens is 396 g/mol. The van der Waals surface area contributed by atoms with Crippen molar-refractivity contribution in [2.75, 3.05) is 18.5 Å². The van der Waals surface area contributed by atoms with E-state index in [1.807, 2.05) is 19.1 Å². The van der Waals surface area contributed by atoms with Crippen LogP contribution in [0.1, 0.15) is 50.5 Å². The quantitative estimate of drug-likeness (QED) is 0.628. The number of hydrogen-bond acceptors (Lipinski definition) is 5. The Labute approximate surface area is 183 Å². The zero-order chi connectivity index (χ0) is 23.0. The molecule has 7 nitrogen and oxygen atoms in total. The first kappa shape index (κ1) is 23.9. The average molecular weight is 427 g/mol. The summed E-state index contributed by atoms with van der Waals surface area (Å²) in [6.45, 7) is 9.60. The molecule has 7 heteroatoms. The average Bonchev–Trinajstić information content (AvgIpc) is 2.73. The maximum Gasteiger partial charge on any atom is 0.328 e. The van der Waals surface area contributed by atoms with Gasteiger partial charge in [-0.2, -0.15) is 0 Å². The minimum absolute atomic E-state index is 0.0180. The van der Waals surface area contributed by atoms with Crippen LogP contribution in [0.4, 0.5) is 5.69 Å². The van der Waals surface area contributed by atoms with Crippen LogP contribution in [0.15, 0.2) is 48.5 Å².